The number of nitrogens with zero attached hydrogens (tertiary/aromatic N) is 1. The first kappa shape index (κ1) is 17.1. The van der Waals surface area contributed by atoms with Gasteiger partial charge in [-0.15, -0.1) is 0 Å². The van der Waals surface area contributed by atoms with Gasteiger partial charge in [-0.2, -0.15) is 0 Å². The van der Waals surface area contributed by atoms with Crippen LogP contribution < -0.4 is 0 Å². The van der Waals surface area contributed by atoms with E-state index in [0.717, 1.165) is 15.1 Å². The SMILES string of the molecule is COC1(C(F)F)CCc2ccn(S(=O)(=O)c3ccc(C)cc3)c2C1. The monoisotopic (exact) mass is 355 g/mol. The molecule has 0 spiro atoms. The van der Waals surface area contributed by atoms with E-state index < -0.39 is 22.0 Å². The number of aromatic nitrogens is 1. The van der Waals surface area contributed by atoms with Crippen LogP contribution in [0.15, 0.2) is 41.4 Å². The fourth-order valence-electron chi connectivity index (χ4n) is 3.12. The molecule has 1 atom stereocenters. The largest absolute Gasteiger partial charge is 0.372 e. The molecule has 130 valence electrons. The number of hydrogen-bond acceptors (Lipinski definition) is 3. The van der Waals surface area contributed by atoms with Gasteiger partial charge in [-0.05, 0) is 43.5 Å². The molecule has 0 saturated heterocycles. The summed E-state index contributed by atoms with van der Waals surface area (Å²) in [5.41, 5.74) is 0.467. The van der Waals surface area contributed by atoms with Crippen LogP contribution in [0.5, 0.6) is 0 Å². The Hall–Kier alpha value is -1.73. The van der Waals surface area contributed by atoms with Crippen molar-refractivity contribution in [2.45, 2.75) is 43.1 Å². The number of hydrogen-bond donors (Lipinski definition) is 0. The molecule has 0 N–H and O–H groups in total. The van der Waals surface area contributed by atoms with Gasteiger partial charge in [0, 0.05) is 25.4 Å². The Bertz CT molecular complexity index is 843. The third kappa shape index (κ3) is 2.65. The van der Waals surface area contributed by atoms with E-state index in [1.54, 1.807) is 18.2 Å². The number of ether oxygens (including phenoxy) is 1. The summed E-state index contributed by atoms with van der Waals surface area (Å²) in [5.74, 6) is 0. The van der Waals surface area contributed by atoms with Crippen molar-refractivity contribution >= 4 is 10.0 Å². The highest BCUT2D eigenvalue weighted by Crippen LogP contribution is 2.37. The molecule has 0 bridgehead atoms. The van der Waals surface area contributed by atoms with Crippen LogP contribution in [-0.2, 0) is 27.6 Å². The zero-order chi connectivity index (χ0) is 17.5. The smallest absolute Gasteiger partial charge is 0.267 e. The minimum Gasteiger partial charge on any atom is -0.372 e. The lowest BCUT2D eigenvalue weighted by molar-refractivity contribution is -0.128. The number of alkyl halides is 2. The quantitative estimate of drug-likeness (QED) is 0.846. The molecular formula is C17H19F2NO3S. The Morgan fingerprint density at radius 1 is 1.21 bits per heavy atom. The van der Waals surface area contributed by atoms with Crippen LogP contribution in [0, 0.1) is 6.92 Å². The maximum Gasteiger partial charge on any atom is 0.267 e. The summed E-state index contributed by atoms with van der Waals surface area (Å²) in [7, 11) is -2.57. The van der Waals surface area contributed by atoms with E-state index >= 15 is 0 Å². The van der Waals surface area contributed by atoms with Crippen molar-refractivity contribution < 1.29 is 21.9 Å². The first-order valence-corrected chi connectivity index (χ1v) is 9.09. The van der Waals surface area contributed by atoms with Crippen LogP contribution in [0.4, 0.5) is 8.78 Å². The Morgan fingerprint density at radius 2 is 1.88 bits per heavy atom. The molecule has 24 heavy (non-hydrogen) atoms. The van der Waals surface area contributed by atoms with Crippen molar-refractivity contribution in [3.8, 4) is 0 Å². The van der Waals surface area contributed by atoms with E-state index in [1.807, 2.05) is 6.92 Å². The van der Waals surface area contributed by atoms with Gasteiger partial charge in [0.25, 0.3) is 16.4 Å². The van der Waals surface area contributed by atoms with Crippen LogP contribution in [0.2, 0.25) is 0 Å². The van der Waals surface area contributed by atoms with E-state index in [-0.39, 0.29) is 17.7 Å². The van der Waals surface area contributed by atoms with Gasteiger partial charge in [0.05, 0.1) is 4.90 Å². The molecule has 0 aliphatic heterocycles. The summed E-state index contributed by atoms with van der Waals surface area (Å²) in [5, 5.41) is 0. The molecular weight excluding hydrogens is 336 g/mol. The topological polar surface area (TPSA) is 48.3 Å². The van der Waals surface area contributed by atoms with Crippen molar-refractivity contribution in [3.63, 3.8) is 0 Å². The molecule has 7 heteroatoms. The number of benzene rings is 1. The molecule has 1 aliphatic rings. The van der Waals surface area contributed by atoms with Crippen molar-refractivity contribution in [3.05, 3.63) is 53.3 Å². The Labute approximate surface area is 140 Å². The normalized spacial score (nSPS) is 21.0. The molecule has 0 fully saturated rings. The highest BCUT2D eigenvalue weighted by molar-refractivity contribution is 7.90. The van der Waals surface area contributed by atoms with E-state index in [2.05, 4.69) is 0 Å². The average Bonchev–Trinajstić information content (AvgIpc) is 2.98. The lowest BCUT2D eigenvalue weighted by atomic mass is 9.84. The van der Waals surface area contributed by atoms with E-state index in [9.17, 15) is 17.2 Å². The van der Waals surface area contributed by atoms with E-state index in [4.69, 9.17) is 4.74 Å². The molecule has 0 amide bonds. The first-order chi connectivity index (χ1) is 11.3. The molecule has 1 heterocycles. The van der Waals surface area contributed by atoms with Crippen molar-refractivity contribution in [1.29, 1.82) is 0 Å². The highest BCUT2D eigenvalue weighted by Gasteiger charge is 2.45. The summed E-state index contributed by atoms with van der Waals surface area (Å²) in [6, 6.07) is 8.15. The van der Waals surface area contributed by atoms with E-state index in [1.165, 1.54) is 25.4 Å². The van der Waals surface area contributed by atoms with Gasteiger partial charge in [0.2, 0.25) is 0 Å². The predicted molar refractivity (Wildman–Crippen MR) is 86.0 cm³/mol. The summed E-state index contributed by atoms with van der Waals surface area (Å²) in [6.07, 6.45) is -0.834. The van der Waals surface area contributed by atoms with Gasteiger partial charge >= 0.3 is 0 Å². The molecule has 0 radical (unpaired) electrons. The van der Waals surface area contributed by atoms with Gasteiger partial charge in [-0.25, -0.2) is 21.2 Å². The Balaban J connectivity index is 2.07. The third-order valence-electron chi connectivity index (χ3n) is 4.71. The van der Waals surface area contributed by atoms with Gasteiger partial charge in [0.1, 0.15) is 5.60 Å². The number of methoxy groups -OCH3 is 1. The molecule has 2 aromatic rings. The fourth-order valence-corrected chi connectivity index (χ4v) is 4.52. The third-order valence-corrected chi connectivity index (χ3v) is 6.44. The van der Waals surface area contributed by atoms with Crippen molar-refractivity contribution in [2.24, 2.45) is 0 Å². The maximum atomic E-state index is 13.5. The number of halogens is 2. The maximum absolute atomic E-state index is 13.5. The number of rotatable bonds is 4. The second-order valence-electron chi connectivity index (χ2n) is 6.15. The van der Waals surface area contributed by atoms with E-state index in [0.29, 0.717) is 12.1 Å². The molecule has 1 unspecified atom stereocenters. The second kappa shape index (κ2) is 5.97. The molecule has 4 nitrogen and oxygen atoms in total. The zero-order valence-electron chi connectivity index (χ0n) is 13.5. The Kier molecular flexibility index (Phi) is 4.25. The second-order valence-corrected chi connectivity index (χ2v) is 7.96. The van der Waals surface area contributed by atoms with Crippen molar-refractivity contribution in [2.75, 3.05) is 7.11 Å². The lowest BCUT2D eigenvalue weighted by Gasteiger charge is -2.35. The molecule has 1 aromatic carbocycles. The van der Waals surface area contributed by atoms with Gasteiger partial charge in [-0.1, -0.05) is 17.7 Å². The minimum absolute atomic E-state index is 0.130. The first-order valence-electron chi connectivity index (χ1n) is 7.65. The zero-order valence-corrected chi connectivity index (χ0v) is 14.3. The summed E-state index contributed by atoms with van der Waals surface area (Å²) < 4.78 is 59.0. The summed E-state index contributed by atoms with van der Waals surface area (Å²) in [4.78, 5) is 0.136. The van der Waals surface area contributed by atoms with Crippen LogP contribution in [0.25, 0.3) is 0 Å². The molecule has 1 aromatic heterocycles. The number of fused-ring (bicyclic) bond motifs is 1. The van der Waals surface area contributed by atoms with Crippen LogP contribution in [0.3, 0.4) is 0 Å². The summed E-state index contributed by atoms with van der Waals surface area (Å²) in [6.45, 7) is 1.86. The van der Waals surface area contributed by atoms with Crippen LogP contribution >= 0.6 is 0 Å². The lowest BCUT2D eigenvalue weighted by Crippen LogP contribution is -2.45. The molecule has 0 saturated carbocycles. The van der Waals surface area contributed by atoms with Crippen LogP contribution in [0.1, 0.15) is 23.2 Å². The fraction of sp³-hybridized carbons (Fsp3) is 0.412. The predicted octanol–water partition coefficient (Wildman–Crippen LogP) is 3.17. The van der Waals surface area contributed by atoms with Gasteiger partial charge in [0.15, 0.2) is 0 Å². The molecule has 3 rings (SSSR count). The summed E-state index contributed by atoms with van der Waals surface area (Å²) >= 11 is 0. The Morgan fingerprint density at radius 3 is 2.46 bits per heavy atom. The van der Waals surface area contributed by atoms with Crippen LogP contribution in [-0.4, -0.2) is 31.5 Å². The van der Waals surface area contributed by atoms with Gasteiger partial charge in [-0.3, -0.25) is 0 Å². The minimum atomic E-state index is -3.82. The molecule has 1 aliphatic carbocycles. The average molecular weight is 355 g/mol. The van der Waals surface area contributed by atoms with Gasteiger partial charge < -0.3 is 4.74 Å². The highest BCUT2D eigenvalue weighted by atomic mass is 32.2. The van der Waals surface area contributed by atoms with Crippen molar-refractivity contribution in [1.82, 2.24) is 3.97 Å². The standard InChI is InChI=1S/C17H19F2NO3S/c1-12-3-5-14(6-4-12)24(21,22)20-10-8-13-7-9-17(23-2,16(18)19)11-15(13)20/h3-6,8,10,16H,7,9,11H2,1-2H3. The number of aryl methyl sites for hydroxylation is 2.